The minimum absolute atomic E-state index is 0.384. The molecule has 2 rings (SSSR count). The molecule has 0 spiro atoms. The van der Waals surface area contributed by atoms with Gasteiger partial charge in [-0.1, -0.05) is 37.3 Å². The zero-order valence-electron chi connectivity index (χ0n) is 15.4. The molecule has 1 unspecified atom stereocenters. The number of hydrogen-bond donors (Lipinski definition) is 2. The van der Waals surface area contributed by atoms with Crippen LogP contribution in [0.2, 0.25) is 0 Å². The van der Waals surface area contributed by atoms with E-state index in [4.69, 9.17) is 9.47 Å². The van der Waals surface area contributed by atoms with Crippen LogP contribution in [0, 0.1) is 0 Å². The minimum atomic E-state index is 0.384. The number of anilines is 1. The molecule has 0 aromatic heterocycles. The summed E-state index contributed by atoms with van der Waals surface area (Å²) in [5, 5.41) is 6.64. The lowest BCUT2D eigenvalue weighted by Crippen LogP contribution is -2.33. The molecule has 134 valence electrons. The first kappa shape index (κ1) is 18.6. The van der Waals surface area contributed by atoms with E-state index in [1.54, 1.807) is 14.2 Å². The average molecular weight is 341 g/mol. The van der Waals surface area contributed by atoms with Gasteiger partial charge in [0.1, 0.15) is 0 Å². The number of nitrogens with zero attached hydrogens (tertiary/aromatic N) is 1. The highest BCUT2D eigenvalue weighted by molar-refractivity contribution is 5.93. The van der Waals surface area contributed by atoms with Crippen LogP contribution >= 0.6 is 0 Å². The summed E-state index contributed by atoms with van der Waals surface area (Å²) in [6.45, 7) is 5.53. The van der Waals surface area contributed by atoms with Gasteiger partial charge in [0.15, 0.2) is 17.5 Å². The van der Waals surface area contributed by atoms with E-state index in [2.05, 4.69) is 46.8 Å². The predicted octanol–water partition coefficient (Wildman–Crippen LogP) is 3.88. The smallest absolute Gasteiger partial charge is 0.195 e. The van der Waals surface area contributed by atoms with Crippen molar-refractivity contribution >= 4 is 11.6 Å². The molecule has 0 radical (unpaired) electrons. The first-order valence-electron chi connectivity index (χ1n) is 8.51. The van der Waals surface area contributed by atoms with Crippen molar-refractivity contribution in [2.75, 3.05) is 32.6 Å². The van der Waals surface area contributed by atoms with Gasteiger partial charge >= 0.3 is 0 Å². The standard InChI is InChI=1S/C20H27N3O2/c1-5-25-18-12-11-17(13-19(18)24-4)23-20(21-3)22-14-15(2)16-9-7-6-8-10-16/h6-13,15H,5,14H2,1-4H3,(H2,21,22,23). The molecule has 2 aromatic rings. The zero-order valence-corrected chi connectivity index (χ0v) is 15.4. The molecule has 2 N–H and O–H groups in total. The Hall–Kier alpha value is -2.69. The lowest BCUT2D eigenvalue weighted by molar-refractivity contribution is 0.311. The molecular weight excluding hydrogens is 314 g/mol. The van der Waals surface area contributed by atoms with Crippen LogP contribution in [0.4, 0.5) is 5.69 Å². The molecule has 2 aromatic carbocycles. The van der Waals surface area contributed by atoms with Crippen LogP contribution < -0.4 is 20.1 Å². The predicted molar refractivity (Wildman–Crippen MR) is 104 cm³/mol. The molecule has 25 heavy (non-hydrogen) atoms. The zero-order chi connectivity index (χ0) is 18.1. The second-order valence-corrected chi connectivity index (χ2v) is 5.69. The lowest BCUT2D eigenvalue weighted by atomic mass is 10.0. The third kappa shape index (κ3) is 5.41. The molecule has 5 nitrogen and oxygen atoms in total. The van der Waals surface area contributed by atoms with Gasteiger partial charge in [0.25, 0.3) is 0 Å². The van der Waals surface area contributed by atoms with Crippen LogP contribution in [0.1, 0.15) is 25.3 Å². The summed E-state index contributed by atoms with van der Waals surface area (Å²) in [6, 6.07) is 16.2. The van der Waals surface area contributed by atoms with Gasteiger partial charge in [-0.15, -0.1) is 0 Å². The molecule has 0 amide bonds. The molecular formula is C20H27N3O2. The summed E-state index contributed by atoms with van der Waals surface area (Å²) in [4.78, 5) is 4.29. The van der Waals surface area contributed by atoms with Gasteiger partial charge < -0.3 is 20.1 Å². The van der Waals surface area contributed by atoms with Gasteiger partial charge in [-0.05, 0) is 30.5 Å². The van der Waals surface area contributed by atoms with E-state index in [1.807, 2.05) is 31.2 Å². The second-order valence-electron chi connectivity index (χ2n) is 5.69. The number of ether oxygens (including phenoxy) is 2. The van der Waals surface area contributed by atoms with Gasteiger partial charge in [0, 0.05) is 25.3 Å². The molecule has 0 aliphatic rings. The normalized spacial score (nSPS) is 12.4. The molecule has 0 aliphatic carbocycles. The maximum atomic E-state index is 5.54. The van der Waals surface area contributed by atoms with Crippen LogP contribution in [0.3, 0.4) is 0 Å². The summed E-state index contributed by atoms with van der Waals surface area (Å²) in [6.07, 6.45) is 0. The molecule has 0 fully saturated rings. The lowest BCUT2D eigenvalue weighted by Gasteiger charge is -2.17. The molecule has 1 atom stereocenters. The van der Waals surface area contributed by atoms with E-state index >= 15 is 0 Å². The summed E-state index contributed by atoms with van der Waals surface area (Å²) in [5.41, 5.74) is 2.19. The Morgan fingerprint density at radius 2 is 1.88 bits per heavy atom. The van der Waals surface area contributed by atoms with Crippen molar-refractivity contribution < 1.29 is 9.47 Å². The van der Waals surface area contributed by atoms with Crippen molar-refractivity contribution in [3.8, 4) is 11.5 Å². The highest BCUT2D eigenvalue weighted by atomic mass is 16.5. The number of nitrogens with one attached hydrogen (secondary N) is 2. The molecule has 0 bridgehead atoms. The van der Waals surface area contributed by atoms with Gasteiger partial charge in [0.05, 0.1) is 13.7 Å². The van der Waals surface area contributed by atoms with E-state index in [1.165, 1.54) is 5.56 Å². The number of aliphatic imine (C=N–C) groups is 1. The topological polar surface area (TPSA) is 54.9 Å². The highest BCUT2D eigenvalue weighted by Gasteiger charge is 2.09. The Balaban J connectivity index is 1.98. The molecule has 5 heteroatoms. The van der Waals surface area contributed by atoms with Crippen LogP contribution in [-0.2, 0) is 0 Å². The third-order valence-corrected chi connectivity index (χ3v) is 3.89. The van der Waals surface area contributed by atoms with Gasteiger partial charge in [-0.3, -0.25) is 4.99 Å². The maximum absolute atomic E-state index is 5.54. The SMILES string of the molecule is CCOc1ccc(NC(=NC)NCC(C)c2ccccc2)cc1OC. The minimum Gasteiger partial charge on any atom is -0.493 e. The van der Waals surface area contributed by atoms with Gasteiger partial charge in [-0.2, -0.15) is 0 Å². The summed E-state index contributed by atoms with van der Waals surface area (Å²) >= 11 is 0. The van der Waals surface area contributed by atoms with Gasteiger partial charge in [-0.25, -0.2) is 0 Å². The van der Waals surface area contributed by atoms with E-state index in [-0.39, 0.29) is 0 Å². The Labute approximate surface area is 150 Å². The number of guanidine groups is 1. The van der Waals surface area contributed by atoms with Crippen molar-refractivity contribution in [3.63, 3.8) is 0 Å². The van der Waals surface area contributed by atoms with Crippen molar-refractivity contribution in [1.82, 2.24) is 5.32 Å². The number of hydrogen-bond acceptors (Lipinski definition) is 3. The summed E-state index contributed by atoms with van der Waals surface area (Å²) in [7, 11) is 3.39. The molecule has 0 heterocycles. The largest absolute Gasteiger partial charge is 0.493 e. The fourth-order valence-corrected chi connectivity index (χ4v) is 2.49. The van der Waals surface area contributed by atoms with Crippen LogP contribution in [-0.4, -0.2) is 33.3 Å². The third-order valence-electron chi connectivity index (χ3n) is 3.89. The molecule has 0 saturated heterocycles. The number of methoxy groups -OCH3 is 1. The number of benzene rings is 2. The highest BCUT2D eigenvalue weighted by Crippen LogP contribution is 2.30. The molecule has 0 aliphatic heterocycles. The molecule has 0 saturated carbocycles. The fraction of sp³-hybridized carbons (Fsp3) is 0.350. The Bertz CT molecular complexity index is 687. The van der Waals surface area contributed by atoms with Crippen LogP contribution in [0.25, 0.3) is 0 Å². The number of rotatable bonds is 7. The fourth-order valence-electron chi connectivity index (χ4n) is 2.49. The Morgan fingerprint density at radius 1 is 1.12 bits per heavy atom. The maximum Gasteiger partial charge on any atom is 0.195 e. The second kappa shape index (κ2) is 9.57. The first-order chi connectivity index (χ1) is 12.2. The average Bonchev–Trinajstić information content (AvgIpc) is 2.66. The van der Waals surface area contributed by atoms with Crippen molar-refractivity contribution in [2.45, 2.75) is 19.8 Å². The van der Waals surface area contributed by atoms with Crippen LogP contribution in [0.15, 0.2) is 53.5 Å². The van der Waals surface area contributed by atoms with E-state index in [9.17, 15) is 0 Å². The van der Waals surface area contributed by atoms with E-state index in [0.29, 0.717) is 24.2 Å². The Morgan fingerprint density at radius 3 is 2.52 bits per heavy atom. The van der Waals surface area contributed by atoms with E-state index < -0.39 is 0 Å². The first-order valence-corrected chi connectivity index (χ1v) is 8.51. The van der Waals surface area contributed by atoms with E-state index in [0.717, 1.165) is 18.0 Å². The summed E-state index contributed by atoms with van der Waals surface area (Å²) in [5.74, 6) is 2.53. The van der Waals surface area contributed by atoms with Crippen molar-refractivity contribution in [2.24, 2.45) is 4.99 Å². The van der Waals surface area contributed by atoms with Gasteiger partial charge in [0.2, 0.25) is 0 Å². The Kier molecular flexibility index (Phi) is 7.14. The summed E-state index contributed by atoms with van der Waals surface area (Å²) < 4.78 is 10.9. The van der Waals surface area contributed by atoms with Crippen molar-refractivity contribution in [3.05, 3.63) is 54.1 Å². The monoisotopic (exact) mass is 341 g/mol. The van der Waals surface area contributed by atoms with Crippen molar-refractivity contribution in [1.29, 1.82) is 0 Å². The van der Waals surface area contributed by atoms with Crippen LogP contribution in [0.5, 0.6) is 11.5 Å². The quantitative estimate of drug-likeness (QED) is 0.593.